The summed E-state index contributed by atoms with van der Waals surface area (Å²) in [4.78, 5) is 10.3. The summed E-state index contributed by atoms with van der Waals surface area (Å²) in [6, 6.07) is 65.3. The van der Waals surface area contributed by atoms with Gasteiger partial charge in [-0.1, -0.05) is 152 Å². The molecule has 9 aromatic carbocycles. The molecule has 0 atom stereocenters. The van der Waals surface area contributed by atoms with Gasteiger partial charge in [-0.3, -0.25) is 4.98 Å². The zero-order chi connectivity index (χ0) is 34.9. The molecule has 0 aliphatic carbocycles. The summed E-state index contributed by atoms with van der Waals surface area (Å²) in [5.41, 5.74) is 12.1. The van der Waals surface area contributed by atoms with Crippen LogP contribution in [0, 0.1) is 0 Å². The topological polar surface area (TPSA) is 30.7 Å². The predicted octanol–water partition coefficient (Wildman–Crippen LogP) is 13.2. The lowest BCUT2D eigenvalue weighted by Crippen LogP contribution is -1.94. The van der Waals surface area contributed by atoms with Crippen molar-refractivity contribution in [2.45, 2.75) is 0 Å². The highest BCUT2D eigenvalue weighted by atomic mass is 15.0. The van der Waals surface area contributed by atoms with E-state index in [9.17, 15) is 0 Å². The molecule has 11 aromatic rings. The molecule has 53 heavy (non-hydrogen) atoms. The van der Waals surface area contributed by atoms with Gasteiger partial charge in [-0.15, -0.1) is 0 Å². The van der Waals surface area contributed by atoms with E-state index in [4.69, 9.17) is 9.97 Å². The zero-order valence-corrected chi connectivity index (χ0v) is 28.7. The van der Waals surface area contributed by atoms with E-state index in [1.54, 1.807) is 0 Å². The Morgan fingerprint density at radius 2 is 0.830 bits per heavy atom. The fourth-order valence-corrected chi connectivity index (χ4v) is 8.40. The largest absolute Gasteiger partial charge is 0.309 e. The Hall–Kier alpha value is -7.10. The van der Waals surface area contributed by atoms with Gasteiger partial charge < -0.3 is 4.57 Å². The molecule has 0 N–H and O–H groups in total. The average molecular weight is 674 g/mol. The van der Waals surface area contributed by atoms with Crippen LogP contribution in [0.4, 0.5) is 0 Å². The van der Waals surface area contributed by atoms with Crippen molar-refractivity contribution in [3.8, 4) is 39.2 Å². The van der Waals surface area contributed by atoms with E-state index in [0.29, 0.717) is 0 Å². The SMILES string of the molecule is c1cc(-c2cnc3c4ccccc4c4ccccc4c3n2)cc(-c2ccc(-c3ccc(-n4c5ccccc5c5ccccc54)cc3)c3ccccc23)c1. The quantitative estimate of drug-likeness (QED) is 0.174. The highest BCUT2D eigenvalue weighted by molar-refractivity contribution is 6.23. The number of nitrogens with zero attached hydrogens (tertiary/aromatic N) is 3. The first-order valence-corrected chi connectivity index (χ1v) is 18.1. The molecular formula is C50H31N3. The maximum Gasteiger partial charge on any atom is 0.0979 e. The second-order valence-electron chi connectivity index (χ2n) is 13.7. The van der Waals surface area contributed by atoms with Crippen LogP contribution in [0.3, 0.4) is 0 Å². The van der Waals surface area contributed by atoms with Crippen LogP contribution in [0.25, 0.3) is 104 Å². The van der Waals surface area contributed by atoms with Crippen LogP contribution < -0.4 is 0 Å². The molecule has 2 heterocycles. The third-order valence-corrected chi connectivity index (χ3v) is 10.8. The Morgan fingerprint density at radius 3 is 1.45 bits per heavy atom. The lowest BCUT2D eigenvalue weighted by Gasteiger charge is -2.14. The Kier molecular flexibility index (Phi) is 6.55. The van der Waals surface area contributed by atoms with Gasteiger partial charge in [0.2, 0.25) is 0 Å². The molecule has 0 saturated carbocycles. The molecule has 0 saturated heterocycles. The fourth-order valence-electron chi connectivity index (χ4n) is 8.40. The average Bonchev–Trinajstić information content (AvgIpc) is 3.58. The number of hydrogen-bond acceptors (Lipinski definition) is 2. The maximum absolute atomic E-state index is 5.27. The molecule has 3 nitrogen and oxygen atoms in total. The van der Waals surface area contributed by atoms with E-state index in [1.807, 2.05) is 6.20 Å². The van der Waals surface area contributed by atoms with Crippen molar-refractivity contribution in [3.05, 3.63) is 188 Å². The lowest BCUT2D eigenvalue weighted by molar-refractivity contribution is 1.18. The van der Waals surface area contributed by atoms with Crippen molar-refractivity contribution in [1.29, 1.82) is 0 Å². The van der Waals surface area contributed by atoms with Crippen LogP contribution in [-0.2, 0) is 0 Å². The van der Waals surface area contributed by atoms with Gasteiger partial charge in [-0.05, 0) is 74.1 Å². The van der Waals surface area contributed by atoms with E-state index in [-0.39, 0.29) is 0 Å². The van der Waals surface area contributed by atoms with Gasteiger partial charge in [0.15, 0.2) is 0 Å². The molecule has 11 rings (SSSR count). The van der Waals surface area contributed by atoms with Crippen LogP contribution in [0.15, 0.2) is 188 Å². The Bertz CT molecular complexity index is 3140. The highest BCUT2D eigenvalue weighted by Crippen LogP contribution is 2.39. The van der Waals surface area contributed by atoms with Crippen LogP contribution >= 0.6 is 0 Å². The van der Waals surface area contributed by atoms with E-state index in [0.717, 1.165) is 44.3 Å². The number of benzene rings is 9. The summed E-state index contributed by atoms with van der Waals surface area (Å²) in [6.07, 6.45) is 1.92. The molecule has 246 valence electrons. The van der Waals surface area contributed by atoms with Crippen LogP contribution in [-0.4, -0.2) is 14.5 Å². The number of rotatable bonds is 4. The van der Waals surface area contributed by atoms with Gasteiger partial charge in [0.05, 0.1) is 34.0 Å². The van der Waals surface area contributed by atoms with Crippen LogP contribution in [0.5, 0.6) is 0 Å². The predicted molar refractivity (Wildman–Crippen MR) is 223 cm³/mol. The fraction of sp³-hybridized carbons (Fsp3) is 0. The summed E-state index contributed by atoms with van der Waals surface area (Å²) in [6.45, 7) is 0. The van der Waals surface area contributed by atoms with Gasteiger partial charge in [-0.25, -0.2) is 4.98 Å². The van der Waals surface area contributed by atoms with E-state index in [1.165, 1.54) is 60.0 Å². The van der Waals surface area contributed by atoms with E-state index < -0.39 is 0 Å². The minimum Gasteiger partial charge on any atom is -0.309 e. The Balaban J connectivity index is 0.999. The van der Waals surface area contributed by atoms with Crippen molar-refractivity contribution < 1.29 is 0 Å². The summed E-state index contributed by atoms with van der Waals surface area (Å²) >= 11 is 0. The third-order valence-electron chi connectivity index (χ3n) is 10.8. The molecule has 0 unspecified atom stereocenters. The number of para-hydroxylation sites is 2. The molecule has 0 amide bonds. The summed E-state index contributed by atoms with van der Waals surface area (Å²) in [5, 5.41) is 9.64. The number of fused-ring (bicyclic) bond motifs is 10. The molecule has 2 aromatic heterocycles. The Labute approximate surface area is 306 Å². The van der Waals surface area contributed by atoms with Crippen molar-refractivity contribution in [1.82, 2.24) is 14.5 Å². The summed E-state index contributed by atoms with van der Waals surface area (Å²) < 4.78 is 2.37. The highest BCUT2D eigenvalue weighted by Gasteiger charge is 2.15. The van der Waals surface area contributed by atoms with Gasteiger partial charge in [-0.2, -0.15) is 0 Å². The van der Waals surface area contributed by atoms with E-state index in [2.05, 4.69) is 187 Å². The second kappa shape index (κ2) is 11.7. The number of aromatic nitrogens is 3. The third kappa shape index (κ3) is 4.61. The van der Waals surface area contributed by atoms with Crippen molar-refractivity contribution in [3.63, 3.8) is 0 Å². The van der Waals surface area contributed by atoms with Gasteiger partial charge in [0.25, 0.3) is 0 Å². The monoisotopic (exact) mass is 673 g/mol. The first kappa shape index (κ1) is 29.6. The van der Waals surface area contributed by atoms with Crippen molar-refractivity contribution in [2.75, 3.05) is 0 Å². The standard InChI is InChI=1S/C50H31N3/c1-2-15-39-37(33-12-11-13-34(30-33)46-31-51-49-44-20-5-3-16-40(44)41-17-4-6-21-45(41)50(49)52-46)29-28-36(38(39)14-1)32-24-26-35(27-25-32)53-47-22-9-7-18-42(47)43-19-8-10-23-48(43)53/h1-31H. The number of hydrogen-bond donors (Lipinski definition) is 0. The zero-order valence-electron chi connectivity index (χ0n) is 28.7. The van der Waals surface area contributed by atoms with Crippen LogP contribution in [0.1, 0.15) is 0 Å². The van der Waals surface area contributed by atoms with Gasteiger partial charge in [0.1, 0.15) is 0 Å². The Morgan fingerprint density at radius 1 is 0.340 bits per heavy atom. The molecule has 0 aliphatic heterocycles. The first-order valence-electron chi connectivity index (χ1n) is 18.1. The minimum absolute atomic E-state index is 0.865. The minimum atomic E-state index is 0.865. The summed E-state index contributed by atoms with van der Waals surface area (Å²) in [5.74, 6) is 0. The van der Waals surface area contributed by atoms with Crippen molar-refractivity contribution in [2.24, 2.45) is 0 Å². The van der Waals surface area contributed by atoms with Crippen LogP contribution in [0.2, 0.25) is 0 Å². The first-order chi connectivity index (χ1) is 26.3. The molecule has 0 fully saturated rings. The lowest BCUT2D eigenvalue weighted by atomic mass is 9.91. The van der Waals surface area contributed by atoms with Gasteiger partial charge >= 0.3 is 0 Å². The second-order valence-corrected chi connectivity index (χ2v) is 13.7. The molecule has 3 heteroatoms. The van der Waals surface area contributed by atoms with Crippen molar-refractivity contribution >= 4 is 65.2 Å². The molecular weight excluding hydrogens is 643 g/mol. The molecule has 0 bridgehead atoms. The van der Waals surface area contributed by atoms with E-state index >= 15 is 0 Å². The normalized spacial score (nSPS) is 11.8. The van der Waals surface area contributed by atoms with Gasteiger partial charge in [0, 0.05) is 32.8 Å². The smallest absolute Gasteiger partial charge is 0.0979 e. The molecule has 0 spiro atoms. The maximum atomic E-state index is 5.27. The molecule has 0 radical (unpaired) electrons. The molecule has 0 aliphatic rings. The summed E-state index contributed by atoms with van der Waals surface area (Å²) in [7, 11) is 0.